The Kier molecular flexibility index (Phi) is 5.10. The van der Waals surface area contributed by atoms with Gasteiger partial charge in [-0.15, -0.1) is 12.4 Å². The van der Waals surface area contributed by atoms with Crippen molar-refractivity contribution in [2.45, 2.75) is 25.4 Å². The fourth-order valence-electron chi connectivity index (χ4n) is 2.86. The number of likely N-dealkylation sites (N-methyl/N-ethyl adjacent to an activating group) is 1. The van der Waals surface area contributed by atoms with Gasteiger partial charge in [0.15, 0.2) is 11.4 Å². The number of nitrogens with zero attached hydrogens (tertiary/aromatic N) is 3. The SMILES string of the molecule is COC1CCc2oc3c(N(C)CCN)nc(N)nc3c2C1.Cl. The minimum atomic E-state index is 0. The second-order valence-electron chi connectivity index (χ2n) is 5.40. The van der Waals surface area contributed by atoms with Gasteiger partial charge in [0.25, 0.3) is 0 Å². The number of ether oxygens (including phenoxy) is 1. The Morgan fingerprint density at radius 3 is 2.86 bits per heavy atom. The third kappa shape index (κ3) is 2.84. The lowest BCUT2D eigenvalue weighted by atomic mass is 9.95. The van der Waals surface area contributed by atoms with Crippen LogP contribution in [-0.2, 0) is 17.6 Å². The van der Waals surface area contributed by atoms with Crippen LogP contribution in [0.15, 0.2) is 4.42 Å². The van der Waals surface area contributed by atoms with Crippen LogP contribution in [0.3, 0.4) is 0 Å². The molecule has 0 aromatic carbocycles. The molecule has 1 aliphatic carbocycles. The lowest BCUT2D eigenvalue weighted by molar-refractivity contribution is 0.0889. The van der Waals surface area contributed by atoms with Gasteiger partial charge >= 0.3 is 0 Å². The largest absolute Gasteiger partial charge is 0.455 e. The summed E-state index contributed by atoms with van der Waals surface area (Å²) in [6.45, 7) is 1.21. The molecule has 122 valence electrons. The molecule has 2 aromatic rings. The quantitative estimate of drug-likeness (QED) is 0.867. The van der Waals surface area contributed by atoms with Gasteiger partial charge in [0.05, 0.1) is 6.10 Å². The number of nitrogens with two attached hydrogens (primary N) is 2. The van der Waals surface area contributed by atoms with Crippen LogP contribution in [-0.4, -0.2) is 43.3 Å². The van der Waals surface area contributed by atoms with E-state index in [1.54, 1.807) is 7.11 Å². The summed E-state index contributed by atoms with van der Waals surface area (Å²) < 4.78 is 11.5. The van der Waals surface area contributed by atoms with Gasteiger partial charge in [-0.1, -0.05) is 0 Å². The molecule has 0 saturated heterocycles. The zero-order chi connectivity index (χ0) is 15.0. The monoisotopic (exact) mass is 327 g/mol. The van der Waals surface area contributed by atoms with Gasteiger partial charge in [-0.25, -0.2) is 4.98 Å². The molecule has 2 heterocycles. The molecule has 1 aliphatic rings. The zero-order valence-electron chi connectivity index (χ0n) is 12.8. The summed E-state index contributed by atoms with van der Waals surface area (Å²) in [5, 5.41) is 0. The number of fused-ring (bicyclic) bond motifs is 3. The lowest BCUT2D eigenvalue weighted by Crippen LogP contribution is -2.26. The van der Waals surface area contributed by atoms with E-state index in [1.165, 1.54) is 0 Å². The van der Waals surface area contributed by atoms with Crippen molar-refractivity contribution in [1.29, 1.82) is 0 Å². The Bertz CT molecular complexity index is 660. The molecule has 1 atom stereocenters. The van der Waals surface area contributed by atoms with E-state index < -0.39 is 0 Å². The number of anilines is 2. The van der Waals surface area contributed by atoms with Crippen LogP contribution in [0.2, 0.25) is 0 Å². The van der Waals surface area contributed by atoms with E-state index in [2.05, 4.69) is 9.97 Å². The highest BCUT2D eigenvalue weighted by Gasteiger charge is 2.27. The fraction of sp³-hybridized carbons (Fsp3) is 0.571. The molecule has 22 heavy (non-hydrogen) atoms. The van der Waals surface area contributed by atoms with Crippen LogP contribution in [0.4, 0.5) is 11.8 Å². The van der Waals surface area contributed by atoms with Crippen LogP contribution in [0, 0.1) is 0 Å². The Hall–Kier alpha value is -1.57. The maximum Gasteiger partial charge on any atom is 0.222 e. The summed E-state index contributed by atoms with van der Waals surface area (Å²) in [7, 11) is 3.66. The molecular formula is C14H22ClN5O2. The number of nitrogen functional groups attached to an aromatic ring is 1. The first-order chi connectivity index (χ1) is 10.1. The van der Waals surface area contributed by atoms with Crippen LogP contribution in [0.25, 0.3) is 11.1 Å². The topological polar surface area (TPSA) is 103 Å². The van der Waals surface area contributed by atoms with Gasteiger partial charge in [0.2, 0.25) is 5.95 Å². The molecule has 7 nitrogen and oxygen atoms in total. The highest BCUT2D eigenvalue weighted by Crippen LogP contribution is 2.35. The predicted molar refractivity (Wildman–Crippen MR) is 88.6 cm³/mol. The van der Waals surface area contributed by atoms with Crippen LogP contribution in [0.1, 0.15) is 17.7 Å². The normalized spacial score (nSPS) is 17.1. The van der Waals surface area contributed by atoms with Gasteiger partial charge in [0.1, 0.15) is 11.3 Å². The Labute approximate surface area is 135 Å². The highest BCUT2D eigenvalue weighted by atomic mass is 35.5. The molecule has 3 rings (SSSR count). The van der Waals surface area contributed by atoms with Crippen molar-refractivity contribution in [1.82, 2.24) is 9.97 Å². The smallest absolute Gasteiger partial charge is 0.222 e. The number of methoxy groups -OCH3 is 1. The van der Waals surface area contributed by atoms with Crippen molar-refractivity contribution in [2.24, 2.45) is 5.73 Å². The molecule has 0 spiro atoms. The molecular weight excluding hydrogens is 306 g/mol. The number of hydrogen-bond donors (Lipinski definition) is 2. The molecule has 8 heteroatoms. The van der Waals surface area contributed by atoms with E-state index in [4.69, 9.17) is 20.6 Å². The second kappa shape index (κ2) is 6.68. The molecule has 4 N–H and O–H groups in total. The Morgan fingerprint density at radius 2 is 2.18 bits per heavy atom. The molecule has 0 amide bonds. The zero-order valence-corrected chi connectivity index (χ0v) is 13.7. The molecule has 0 aliphatic heterocycles. The number of rotatable bonds is 4. The molecule has 0 radical (unpaired) electrons. The first kappa shape index (κ1) is 16.8. The van der Waals surface area contributed by atoms with Gasteiger partial charge in [-0.3, -0.25) is 0 Å². The summed E-state index contributed by atoms with van der Waals surface area (Å²) >= 11 is 0. The Balaban J connectivity index is 0.00000176. The van der Waals surface area contributed by atoms with E-state index in [1.807, 2.05) is 11.9 Å². The van der Waals surface area contributed by atoms with Crippen molar-refractivity contribution in [3.63, 3.8) is 0 Å². The van der Waals surface area contributed by atoms with E-state index in [9.17, 15) is 0 Å². The van der Waals surface area contributed by atoms with Gasteiger partial charge in [-0.05, 0) is 6.42 Å². The third-order valence-electron chi connectivity index (χ3n) is 4.00. The maximum atomic E-state index is 6.02. The molecule has 0 saturated carbocycles. The molecule has 0 fully saturated rings. The van der Waals surface area contributed by atoms with Crippen LogP contribution < -0.4 is 16.4 Å². The minimum absolute atomic E-state index is 0. The van der Waals surface area contributed by atoms with Crippen molar-refractivity contribution in [3.05, 3.63) is 11.3 Å². The average Bonchev–Trinajstić information content (AvgIpc) is 2.84. The van der Waals surface area contributed by atoms with E-state index in [0.717, 1.165) is 36.1 Å². The van der Waals surface area contributed by atoms with Gasteiger partial charge in [0, 0.05) is 45.7 Å². The fourth-order valence-corrected chi connectivity index (χ4v) is 2.86. The standard InChI is InChI=1S/C14H21N5O2.ClH/c1-19(6-5-15)13-12-11(17-14(16)18-13)9-7-8(20-2)3-4-10(9)21-12;/h8H,3-7,15H2,1-2H3,(H2,16,17,18);1H. The number of halogens is 1. The maximum absolute atomic E-state index is 6.02. The van der Waals surface area contributed by atoms with E-state index in [0.29, 0.717) is 24.5 Å². The summed E-state index contributed by atoms with van der Waals surface area (Å²) in [6.07, 6.45) is 2.82. The van der Waals surface area contributed by atoms with Crippen molar-refractivity contribution >= 4 is 35.3 Å². The van der Waals surface area contributed by atoms with Crippen molar-refractivity contribution < 1.29 is 9.15 Å². The van der Waals surface area contributed by atoms with Crippen molar-refractivity contribution in [2.75, 3.05) is 37.9 Å². The Morgan fingerprint density at radius 1 is 1.41 bits per heavy atom. The second-order valence-corrected chi connectivity index (χ2v) is 5.40. The molecule has 1 unspecified atom stereocenters. The van der Waals surface area contributed by atoms with Crippen LogP contribution in [0.5, 0.6) is 0 Å². The number of aromatic nitrogens is 2. The summed E-state index contributed by atoms with van der Waals surface area (Å²) in [5.41, 5.74) is 14.1. The summed E-state index contributed by atoms with van der Waals surface area (Å²) in [4.78, 5) is 10.6. The first-order valence-corrected chi connectivity index (χ1v) is 7.15. The number of aryl methyl sites for hydroxylation is 1. The third-order valence-corrected chi connectivity index (χ3v) is 4.00. The molecule has 0 bridgehead atoms. The van der Waals surface area contributed by atoms with Gasteiger partial charge in [-0.2, -0.15) is 4.98 Å². The summed E-state index contributed by atoms with van der Waals surface area (Å²) in [5.74, 6) is 1.93. The van der Waals surface area contributed by atoms with E-state index in [-0.39, 0.29) is 24.5 Å². The van der Waals surface area contributed by atoms with Crippen molar-refractivity contribution in [3.8, 4) is 0 Å². The van der Waals surface area contributed by atoms with Crippen LogP contribution >= 0.6 is 12.4 Å². The summed E-state index contributed by atoms with van der Waals surface area (Å²) in [6, 6.07) is 0. The lowest BCUT2D eigenvalue weighted by Gasteiger charge is -2.19. The average molecular weight is 328 g/mol. The van der Waals surface area contributed by atoms with Gasteiger partial charge < -0.3 is 25.5 Å². The highest BCUT2D eigenvalue weighted by molar-refractivity contribution is 5.88. The number of hydrogen-bond acceptors (Lipinski definition) is 7. The minimum Gasteiger partial charge on any atom is -0.455 e. The predicted octanol–water partition coefficient (Wildman–Crippen LogP) is 1.13. The number of furan rings is 1. The van der Waals surface area contributed by atoms with E-state index >= 15 is 0 Å². The molecule has 2 aromatic heterocycles. The first-order valence-electron chi connectivity index (χ1n) is 7.15.